The predicted octanol–water partition coefficient (Wildman–Crippen LogP) is 1.50. The van der Waals surface area contributed by atoms with Gasteiger partial charge in [0.05, 0.1) is 6.54 Å². The fourth-order valence-electron chi connectivity index (χ4n) is 2.50. The molecule has 2 amide bonds. The maximum absolute atomic E-state index is 12.0. The van der Waals surface area contributed by atoms with Crippen LogP contribution in [0.4, 0.5) is 4.79 Å². The summed E-state index contributed by atoms with van der Waals surface area (Å²) >= 11 is 5.81. The highest BCUT2D eigenvalue weighted by atomic mass is 35.5. The van der Waals surface area contributed by atoms with Gasteiger partial charge in [-0.1, -0.05) is 23.7 Å². The van der Waals surface area contributed by atoms with Crippen molar-refractivity contribution < 1.29 is 14.7 Å². The molecule has 0 radical (unpaired) electrons. The molecule has 1 aliphatic rings. The number of benzene rings is 1. The zero-order valence-corrected chi connectivity index (χ0v) is 13.2. The summed E-state index contributed by atoms with van der Waals surface area (Å²) in [5.41, 5.74) is 0.988. The average molecular weight is 326 g/mol. The van der Waals surface area contributed by atoms with Crippen LogP contribution in [0.1, 0.15) is 5.56 Å². The van der Waals surface area contributed by atoms with E-state index >= 15 is 0 Å². The van der Waals surface area contributed by atoms with Crippen molar-refractivity contribution in [3.8, 4) is 0 Å². The van der Waals surface area contributed by atoms with Crippen molar-refractivity contribution in [2.45, 2.75) is 6.54 Å². The van der Waals surface area contributed by atoms with Crippen molar-refractivity contribution in [2.24, 2.45) is 5.92 Å². The van der Waals surface area contributed by atoms with Crippen molar-refractivity contribution in [3.63, 3.8) is 0 Å². The molecule has 6 nitrogen and oxygen atoms in total. The van der Waals surface area contributed by atoms with Crippen LogP contribution >= 0.6 is 11.6 Å². The Morgan fingerprint density at radius 3 is 2.59 bits per heavy atom. The minimum Gasteiger partial charge on any atom is -0.480 e. The lowest BCUT2D eigenvalue weighted by Crippen LogP contribution is -2.53. The van der Waals surface area contributed by atoms with Crippen LogP contribution in [0.15, 0.2) is 24.3 Å². The molecule has 1 saturated heterocycles. The van der Waals surface area contributed by atoms with Crippen molar-refractivity contribution in [1.82, 2.24) is 15.1 Å². The number of carboxylic acids is 1. The third-order valence-electron chi connectivity index (χ3n) is 3.63. The van der Waals surface area contributed by atoms with Gasteiger partial charge in [-0.15, -0.1) is 0 Å². The summed E-state index contributed by atoms with van der Waals surface area (Å²) < 4.78 is 0. The minimum atomic E-state index is -0.812. The van der Waals surface area contributed by atoms with E-state index in [0.717, 1.165) is 18.7 Å². The molecular weight excluding hydrogens is 306 g/mol. The highest BCUT2D eigenvalue weighted by Crippen LogP contribution is 2.16. The number of aliphatic carboxylic acids is 1. The van der Waals surface area contributed by atoms with Gasteiger partial charge in [0, 0.05) is 44.2 Å². The second kappa shape index (κ2) is 7.47. The number of urea groups is 1. The summed E-state index contributed by atoms with van der Waals surface area (Å²) in [5.74, 6) is -0.474. The van der Waals surface area contributed by atoms with E-state index in [0.29, 0.717) is 24.0 Å². The molecule has 120 valence electrons. The number of likely N-dealkylation sites (tertiary alicyclic amines) is 1. The van der Waals surface area contributed by atoms with Gasteiger partial charge in [-0.05, 0) is 17.7 Å². The first-order chi connectivity index (χ1) is 10.4. The monoisotopic (exact) mass is 325 g/mol. The van der Waals surface area contributed by atoms with E-state index in [1.54, 1.807) is 24.1 Å². The lowest BCUT2D eigenvalue weighted by atomic mass is 10.00. The number of rotatable bonds is 6. The van der Waals surface area contributed by atoms with Crippen molar-refractivity contribution in [3.05, 3.63) is 34.9 Å². The molecule has 1 aromatic carbocycles. The Morgan fingerprint density at radius 1 is 1.36 bits per heavy atom. The molecule has 0 unspecified atom stereocenters. The Kier molecular flexibility index (Phi) is 5.63. The SMILES string of the molecule is CN(CC1CN(CC(=O)O)C1)C(=O)NCc1ccc(Cl)cc1. The lowest BCUT2D eigenvalue weighted by molar-refractivity contribution is -0.140. The third kappa shape index (κ3) is 4.89. The first-order valence-electron chi connectivity index (χ1n) is 7.11. The fraction of sp³-hybridized carbons (Fsp3) is 0.467. The quantitative estimate of drug-likeness (QED) is 0.831. The van der Waals surface area contributed by atoms with E-state index in [1.807, 2.05) is 17.0 Å². The van der Waals surface area contributed by atoms with E-state index in [-0.39, 0.29) is 12.6 Å². The van der Waals surface area contributed by atoms with Gasteiger partial charge in [-0.2, -0.15) is 0 Å². The molecule has 1 fully saturated rings. The lowest BCUT2D eigenvalue weighted by Gasteiger charge is -2.39. The minimum absolute atomic E-state index is 0.0724. The van der Waals surface area contributed by atoms with Gasteiger partial charge in [-0.25, -0.2) is 4.79 Å². The fourth-order valence-corrected chi connectivity index (χ4v) is 2.62. The smallest absolute Gasteiger partial charge is 0.317 e. The van der Waals surface area contributed by atoms with Crippen LogP contribution in [0, 0.1) is 5.92 Å². The standard InChI is InChI=1S/C15H20ClN3O3/c1-18(7-12-8-19(9-12)10-14(20)21)15(22)17-6-11-2-4-13(16)5-3-11/h2-5,12H,6-10H2,1H3,(H,17,22)(H,20,21). The Morgan fingerprint density at radius 2 is 2.00 bits per heavy atom. The summed E-state index contributed by atoms with van der Waals surface area (Å²) in [5, 5.41) is 12.2. The molecule has 1 heterocycles. The number of nitrogens with one attached hydrogen (secondary N) is 1. The summed E-state index contributed by atoms with van der Waals surface area (Å²) in [6.45, 7) is 2.60. The molecule has 7 heteroatoms. The number of amides is 2. The summed E-state index contributed by atoms with van der Waals surface area (Å²) in [4.78, 5) is 26.0. The van der Waals surface area contributed by atoms with E-state index in [9.17, 15) is 9.59 Å². The summed E-state index contributed by atoms with van der Waals surface area (Å²) in [7, 11) is 1.75. The van der Waals surface area contributed by atoms with Crippen molar-refractivity contribution >= 4 is 23.6 Å². The predicted molar refractivity (Wildman–Crippen MR) is 83.9 cm³/mol. The molecule has 2 N–H and O–H groups in total. The van der Waals surface area contributed by atoms with Gasteiger partial charge in [0.15, 0.2) is 0 Å². The first-order valence-corrected chi connectivity index (χ1v) is 7.49. The molecule has 0 saturated carbocycles. The molecule has 22 heavy (non-hydrogen) atoms. The normalized spacial score (nSPS) is 15.2. The zero-order chi connectivity index (χ0) is 16.1. The van der Waals surface area contributed by atoms with Crippen LogP contribution in [0.2, 0.25) is 5.02 Å². The molecule has 0 aliphatic carbocycles. The van der Waals surface area contributed by atoms with E-state index in [4.69, 9.17) is 16.7 Å². The van der Waals surface area contributed by atoms with Gasteiger partial charge in [0.1, 0.15) is 0 Å². The highest BCUT2D eigenvalue weighted by molar-refractivity contribution is 6.30. The summed E-state index contributed by atoms with van der Waals surface area (Å²) in [6, 6.07) is 7.19. The molecule has 0 aromatic heterocycles. The second-order valence-electron chi connectivity index (χ2n) is 5.62. The van der Waals surface area contributed by atoms with Crippen LogP contribution < -0.4 is 5.32 Å². The topological polar surface area (TPSA) is 72.9 Å². The Bertz CT molecular complexity index is 529. The second-order valence-corrected chi connectivity index (χ2v) is 6.06. The molecule has 1 aromatic rings. The maximum Gasteiger partial charge on any atom is 0.317 e. The first kappa shape index (κ1) is 16.6. The van der Waals surface area contributed by atoms with E-state index < -0.39 is 5.97 Å². The van der Waals surface area contributed by atoms with Gasteiger partial charge >= 0.3 is 12.0 Å². The number of nitrogens with zero attached hydrogens (tertiary/aromatic N) is 2. The van der Waals surface area contributed by atoms with Crippen molar-refractivity contribution in [2.75, 3.05) is 33.2 Å². The van der Waals surface area contributed by atoms with Gasteiger partial charge < -0.3 is 15.3 Å². The maximum atomic E-state index is 12.0. The number of hydrogen-bond acceptors (Lipinski definition) is 3. The van der Waals surface area contributed by atoms with Gasteiger partial charge in [-0.3, -0.25) is 9.69 Å². The van der Waals surface area contributed by atoms with Crippen LogP contribution in [-0.4, -0.2) is 60.1 Å². The van der Waals surface area contributed by atoms with Crippen LogP contribution in [0.3, 0.4) is 0 Å². The summed E-state index contributed by atoms with van der Waals surface area (Å²) in [6.07, 6.45) is 0. The highest BCUT2D eigenvalue weighted by Gasteiger charge is 2.29. The molecule has 0 bridgehead atoms. The van der Waals surface area contributed by atoms with Crippen LogP contribution in [0.5, 0.6) is 0 Å². The van der Waals surface area contributed by atoms with E-state index in [1.165, 1.54) is 0 Å². The number of halogens is 1. The Hall–Kier alpha value is -1.79. The van der Waals surface area contributed by atoms with Crippen LogP contribution in [-0.2, 0) is 11.3 Å². The Labute approximate surface area is 134 Å². The van der Waals surface area contributed by atoms with Gasteiger partial charge in [0.2, 0.25) is 0 Å². The molecular formula is C15H20ClN3O3. The number of carbonyl (C=O) groups is 2. The van der Waals surface area contributed by atoms with Gasteiger partial charge in [0.25, 0.3) is 0 Å². The Balaban J connectivity index is 1.67. The molecule has 2 rings (SSSR count). The molecule has 1 aliphatic heterocycles. The van der Waals surface area contributed by atoms with E-state index in [2.05, 4.69) is 5.32 Å². The molecule has 0 spiro atoms. The van der Waals surface area contributed by atoms with Crippen LogP contribution in [0.25, 0.3) is 0 Å². The largest absolute Gasteiger partial charge is 0.480 e. The molecule has 0 atom stereocenters. The number of carbonyl (C=O) groups excluding carboxylic acids is 1. The number of carboxylic acid groups (broad SMARTS) is 1. The third-order valence-corrected chi connectivity index (χ3v) is 3.88. The average Bonchev–Trinajstić information content (AvgIpc) is 2.43. The van der Waals surface area contributed by atoms with Crippen molar-refractivity contribution in [1.29, 1.82) is 0 Å². The zero-order valence-electron chi connectivity index (χ0n) is 12.5. The number of hydrogen-bond donors (Lipinski definition) is 2.